The topological polar surface area (TPSA) is 44.0 Å². The van der Waals surface area contributed by atoms with E-state index in [2.05, 4.69) is 64.6 Å². The van der Waals surface area contributed by atoms with Gasteiger partial charge in [0.15, 0.2) is 5.82 Å². The van der Waals surface area contributed by atoms with Gasteiger partial charge in [0.05, 0.1) is 5.69 Å². The van der Waals surface area contributed by atoms with E-state index >= 15 is 0 Å². The third-order valence-corrected chi connectivity index (χ3v) is 4.06. The molecule has 21 heavy (non-hydrogen) atoms. The van der Waals surface area contributed by atoms with Crippen LogP contribution in [0, 0.1) is 0 Å². The highest BCUT2D eigenvalue weighted by Crippen LogP contribution is 2.34. The van der Waals surface area contributed by atoms with Crippen molar-refractivity contribution in [2.45, 2.75) is 26.2 Å². The number of nitrogens with zero attached hydrogens (tertiary/aromatic N) is 2. The fourth-order valence-electron chi connectivity index (χ4n) is 3.01. The average molecular weight is 284 g/mol. The van der Waals surface area contributed by atoms with Crippen molar-refractivity contribution >= 4 is 5.82 Å². The summed E-state index contributed by atoms with van der Waals surface area (Å²) < 4.78 is 0. The van der Waals surface area contributed by atoms with E-state index in [-0.39, 0.29) is 0 Å². The van der Waals surface area contributed by atoms with Crippen molar-refractivity contribution in [2.75, 3.05) is 31.1 Å². The second-order valence-corrected chi connectivity index (χ2v) is 5.95. The lowest BCUT2D eigenvalue weighted by Gasteiger charge is -2.22. The van der Waals surface area contributed by atoms with Gasteiger partial charge in [-0.1, -0.05) is 44.2 Å². The number of hydrogen-bond donors (Lipinski definition) is 2. The highest BCUT2D eigenvalue weighted by molar-refractivity contribution is 5.70. The van der Waals surface area contributed by atoms with Crippen molar-refractivity contribution in [3.05, 3.63) is 35.9 Å². The molecule has 1 aromatic heterocycles. The van der Waals surface area contributed by atoms with Crippen LogP contribution in [0.1, 0.15) is 31.7 Å². The molecule has 4 heteroatoms. The lowest BCUT2D eigenvalue weighted by atomic mass is 9.98. The lowest BCUT2D eigenvalue weighted by molar-refractivity contribution is 0.724. The molecular formula is C17H24N4. The first-order valence-electron chi connectivity index (χ1n) is 7.86. The van der Waals surface area contributed by atoms with Crippen molar-refractivity contribution in [1.29, 1.82) is 0 Å². The second-order valence-electron chi connectivity index (χ2n) is 5.95. The van der Waals surface area contributed by atoms with E-state index < -0.39 is 0 Å². The number of anilines is 1. The first-order valence-corrected chi connectivity index (χ1v) is 7.86. The normalized spacial score (nSPS) is 16.2. The molecule has 2 aromatic rings. The van der Waals surface area contributed by atoms with E-state index in [4.69, 9.17) is 0 Å². The first kappa shape index (κ1) is 14.1. The Morgan fingerprint density at radius 2 is 1.90 bits per heavy atom. The molecule has 0 amide bonds. The molecule has 4 nitrogen and oxygen atoms in total. The second kappa shape index (κ2) is 6.31. The van der Waals surface area contributed by atoms with Crippen LogP contribution in [0.4, 0.5) is 5.82 Å². The molecule has 0 spiro atoms. The maximum atomic E-state index is 4.65. The maximum absolute atomic E-state index is 4.65. The van der Waals surface area contributed by atoms with Crippen molar-refractivity contribution < 1.29 is 0 Å². The van der Waals surface area contributed by atoms with Crippen LogP contribution in [0.25, 0.3) is 11.3 Å². The Bertz CT molecular complexity index is 566. The summed E-state index contributed by atoms with van der Waals surface area (Å²) in [6, 6.07) is 10.5. The van der Waals surface area contributed by atoms with Gasteiger partial charge in [-0.25, -0.2) is 0 Å². The number of rotatable bonds is 3. The van der Waals surface area contributed by atoms with Crippen LogP contribution in [0.15, 0.2) is 30.3 Å². The number of nitrogens with one attached hydrogen (secondary N) is 2. The Hall–Kier alpha value is -1.81. The van der Waals surface area contributed by atoms with E-state index in [1.807, 2.05) is 0 Å². The summed E-state index contributed by atoms with van der Waals surface area (Å²) in [5.74, 6) is 1.58. The van der Waals surface area contributed by atoms with Gasteiger partial charge in [0.2, 0.25) is 0 Å². The Morgan fingerprint density at radius 3 is 2.67 bits per heavy atom. The van der Waals surface area contributed by atoms with E-state index in [9.17, 15) is 0 Å². The predicted octanol–water partition coefficient (Wildman–Crippen LogP) is 3.00. The third kappa shape index (κ3) is 2.95. The number of hydrogen-bond acceptors (Lipinski definition) is 3. The molecule has 1 saturated heterocycles. The van der Waals surface area contributed by atoms with Crippen molar-refractivity contribution in [1.82, 2.24) is 15.5 Å². The summed E-state index contributed by atoms with van der Waals surface area (Å²) in [6.45, 7) is 8.73. The van der Waals surface area contributed by atoms with Gasteiger partial charge in [0.1, 0.15) is 0 Å². The molecule has 2 heterocycles. The SMILES string of the molecule is CC(C)c1c(N2CCCNCC2)n[nH]c1-c1ccccc1. The lowest BCUT2D eigenvalue weighted by Crippen LogP contribution is -2.29. The van der Waals surface area contributed by atoms with Crippen LogP contribution in [0.5, 0.6) is 0 Å². The van der Waals surface area contributed by atoms with E-state index in [0.717, 1.165) is 37.7 Å². The summed E-state index contributed by atoms with van der Waals surface area (Å²) in [7, 11) is 0. The highest BCUT2D eigenvalue weighted by Gasteiger charge is 2.22. The fraction of sp³-hybridized carbons (Fsp3) is 0.471. The van der Waals surface area contributed by atoms with Crippen molar-refractivity contribution in [3.8, 4) is 11.3 Å². The number of aromatic amines is 1. The Labute approximate surface area is 126 Å². The van der Waals surface area contributed by atoms with Crippen LogP contribution in [-0.2, 0) is 0 Å². The van der Waals surface area contributed by atoms with Crippen molar-refractivity contribution in [3.63, 3.8) is 0 Å². The Morgan fingerprint density at radius 1 is 1.10 bits per heavy atom. The zero-order chi connectivity index (χ0) is 14.7. The molecule has 3 rings (SSSR count). The van der Waals surface area contributed by atoms with E-state index in [0.29, 0.717) is 5.92 Å². The molecule has 0 bridgehead atoms. The van der Waals surface area contributed by atoms with Gasteiger partial charge in [-0.15, -0.1) is 0 Å². The molecule has 1 aliphatic rings. The Kier molecular flexibility index (Phi) is 4.25. The molecule has 0 unspecified atom stereocenters. The van der Waals surface area contributed by atoms with Gasteiger partial charge < -0.3 is 10.2 Å². The van der Waals surface area contributed by atoms with Crippen LogP contribution < -0.4 is 10.2 Å². The van der Waals surface area contributed by atoms with Crippen LogP contribution in [-0.4, -0.2) is 36.4 Å². The van der Waals surface area contributed by atoms with Gasteiger partial charge in [0, 0.05) is 25.2 Å². The third-order valence-electron chi connectivity index (χ3n) is 4.06. The van der Waals surface area contributed by atoms with Crippen LogP contribution in [0.2, 0.25) is 0 Å². The van der Waals surface area contributed by atoms with Crippen LogP contribution in [0.3, 0.4) is 0 Å². The van der Waals surface area contributed by atoms with E-state index in [1.54, 1.807) is 0 Å². The largest absolute Gasteiger partial charge is 0.354 e. The molecule has 1 aromatic carbocycles. The fourth-order valence-corrected chi connectivity index (χ4v) is 3.01. The molecule has 0 radical (unpaired) electrons. The summed E-state index contributed by atoms with van der Waals surface area (Å²) >= 11 is 0. The monoisotopic (exact) mass is 284 g/mol. The van der Waals surface area contributed by atoms with Gasteiger partial charge in [-0.3, -0.25) is 5.10 Å². The summed E-state index contributed by atoms with van der Waals surface area (Å²) in [4.78, 5) is 2.41. The quantitative estimate of drug-likeness (QED) is 0.910. The number of aromatic nitrogens is 2. The summed E-state index contributed by atoms with van der Waals surface area (Å²) in [5, 5.41) is 11.4. The number of H-pyrrole nitrogens is 1. The minimum Gasteiger partial charge on any atom is -0.354 e. The molecular weight excluding hydrogens is 260 g/mol. The highest BCUT2D eigenvalue weighted by atomic mass is 15.3. The molecule has 0 aliphatic carbocycles. The molecule has 0 atom stereocenters. The average Bonchev–Trinajstić information content (AvgIpc) is 2.77. The van der Waals surface area contributed by atoms with Gasteiger partial charge in [-0.2, -0.15) is 5.10 Å². The van der Waals surface area contributed by atoms with Gasteiger partial charge in [-0.05, 0) is 24.4 Å². The van der Waals surface area contributed by atoms with Crippen molar-refractivity contribution in [2.24, 2.45) is 0 Å². The summed E-state index contributed by atoms with van der Waals surface area (Å²) in [5.41, 5.74) is 3.72. The number of benzene rings is 1. The summed E-state index contributed by atoms with van der Waals surface area (Å²) in [6.07, 6.45) is 1.17. The van der Waals surface area contributed by atoms with Crippen LogP contribution >= 0.6 is 0 Å². The first-order chi connectivity index (χ1) is 10.3. The van der Waals surface area contributed by atoms with Gasteiger partial charge in [0.25, 0.3) is 0 Å². The minimum atomic E-state index is 0.449. The standard InChI is InChI=1S/C17H24N4/c1-13(2)15-16(14-7-4-3-5-8-14)19-20-17(15)21-11-6-9-18-10-12-21/h3-5,7-8,13,18H,6,9-12H2,1-2H3,(H,19,20). The minimum absolute atomic E-state index is 0.449. The van der Waals surface area contributed by atoms with E-state index in [1.165, 1.54) is 17.5 Å². The Balaban J connectivity index is 2.00. The zero-order valence-electron chi connectivity index (χ0n) is 12.9. The predicted molar refractivity (Wildman–Crippen MR) is 87.8 cm³/mol. The maximum Gasteiger partial charge on any atom is 0.154 e. The molecule has 0 saturated carbocycles. The van der Waals surface area contributed by atoms with Gasteiger partial charge >= 0.3 is 0 Å². The molecule has 2 N–H and O–H groups in total. The molecule has 1 fully saturated rings. The zero-order valence-corrected chi connectivity index (χ0v) is 12.9. The smallest absolute Gasteiger partial charge is 0.154 e. The molecule has 1 aliphatic heterocycles. The molecule has 112 valence electrons.